The number of methoxy groups -OCH3 is 2. The van der Waals surface area contributed by atoms with E-state index in [1.54, 1.807) is 18.3 Å². The fourth-order valence-electron chi connectivity index (χ4n) is 1.26. The molecule has 0 aromatic carbocycles. The molecule has 0 saturated carbocycles. The SMILES string of the molecule is COC(=O)c1ncn(-c2ncccc2OC)n1. The van der Waals surface area contributed by atoms with Gasteiger partial charge in [0.1, 0.15) is 6.33 Å². The minimum absolute atomic E-state index is 0.0276. The van der Waals surface area contributed by atoms with Gasteiger partial charge in [-0.2, -0.15) is 4.68 Å². The maximum absolute atomic E-state index is 11.2. The van der Waals surface area contributed by atoms with Gasteiger partial charge in [-0.05, 0) is 12.1 Å². The van der Waals surface area contributed by atoms with E-state index in [4.69, 9.17) is 4.74 Å². The summed E-state index contributed by atoms with van der Waals surface area (Å²) in [5.74, 6) is 0.366. The number of hydrogen-bond acceptors (Lipinski definition) is 6. The molecule has 0 aliphatic rings. The van der Waals surface area contributed by atoms with Crippen LogP contribution in [0.2, 0.25) is 0 Å². The standard InChI is InChI=1S/C10H10N4O3/c1-16-7-4-3-5-11-9(7)14-6-12-8(13-14)10(15)17-2/h3-6H,1-2H3. The molecule has 0 fully saturated rings. The molecule has 0 spiro atoms. The topological polar surface area (TPSA) is 79.1 Å². The Morgan fingerprint density at radius 1 is 1.35 bits per heavy atom. The molecule has 0 amide bonds. The van der Waals surface area contributed by atoms with Gasteiger partial charge in [0, 0.05) is 6.20 Å². The Morgan fingerprint density at radius 2 is 2.18 bits per heavy atom. The molecule has 0 radical (unpaired) electrons. The zero-order valence-electron chi connectivity index (χ0n) is 9.32. The maximum Gasteiger partial charge on any atom is 0.377 e. The van der Waals surface area contributed by atoms with Crippen LogP contribution in [0.5, 0.6) is 5.75 Å². The van der Waals surface area contributed by atoms with Gasteiger partial charge in [0.05, 0.1) is 14.2 Å². The minimum Gasteiger partial charge on any atom is -0.493 e. The van der Waals surface area contributed by atoms with Gasteiger partial charge < -0.3 is 9.47 Å². The van der Waals surface area contributed by atoms with Crippen molar-refractivity contribution in [2.24, 2.45) is 0 Å². The number of nitrogens with zero attached hydrogens (tertiary/aromatic N) is 4. The average molecular weight is 234 g/mol. The van der Waals surface area contributed by atoms with E-state index in [0.29, 0.717) is 11.6 Å². The fraction of sp³-hybridized carbons (Fsp3) is 0.200. The van der Waals surface area contributed by atoms with E-state index in [1.165, 1.54) is 25.2 Å². The smallest absolute Gasteiger partial charge is 0.377 e. The highest BCUT2D eigenvalue weighted by molar-refractivity contribution is 5.84. The summed E-state index contributed by atoms with van der Waals surface area (Å²) in [6, 6.07) is 3.47. The van der Waals surface area contributed by atoms with Crippen molar-refractivity contribution < 1.29 is 14.3 Å². The molecule has 2 heterocycles. The lowest BCUT2D eigenvalue weighted by Crippen LogP contribution is -2.06. The highest BCUT2D eigenvalue weighted by Gasteiger charge is 2.14. The third-order valence-corrected chi connectivity index (χ3v) is 2.05. The fourth-order valence-corrected chi connectivity index (χ4v) is 1.26. The first kappa shape index (κ1) is 11.1. The average Bonchev–Trinajstić information content (AvgIpc) is 2.87. The molecule has 88 valence electrons. The van der Waals surface area contributed by atoms with Gasteiger partial charge in [-0.3, -0.25) is 0 Å². The Labute approximate surface area is 97.0 Å². The van der Waals surface area contributed by atoms with Crippen molar-refractivity contribution in [2.75, 3.05) is 14.2 Å². The van der Waals surface area contributed by atoms with E-state index < -0.39 is 5.97 Å². The Bertz CT molecular complexity index is 538. The van der Waals surface area contributed by atoms with Crippen molar-refractivity contribution in [1.82, 2.24) is 19.7 Å². The highest BCUT2D eigenvalue weighted by atomic mass is 16.5. The number of esters is 1. The first-order valence-electron chi connectivity index (χ1n) is 4.75. The minimum atomic E-state index is -0.598. The largest absolute Gasteiger partial charge is 0.493 e. The van der Waals surface area contributed by atoms with E-state index in [-0.39, 0.29) is 5.82 Å². The summed E-state index contributed by atoms with van der Waals surface area (Å²) >= 11 is 0. The molecule has 0 N–H and O–H groups in total. The van der Waals surface area contributed by atoms with Crippen LogP contribution in [0.25, 0.3) is 5.82 Å². The van der Waals surface area contributed by atoms with Gasteiger partial charge >= 0.3 is 5.97 Å². The summed E-state index contributed by atoms with van der Waals surface area (Å²) < 4.78 is 11.0. The van der Waals surface area contributed by atoms with E-state index in [0.717, 1.165) is 0 Å². The maximum atomic E-state index is 11.2. The van der Waals surface area contributed by atoms with Gasteiger partial charge in [0.25, 0.3) is 5.82 Å². The van der Waals surface area contributed by atoms with Crippen molar-refractivity contribution in [3.8, 4) is 11.6 Å². The quantitative estimate of drug-likeness (QED) is 0.718. The first-order chi connectivity index (χ1) is 8.26. The van der Waals surface area contributed by atoms with Crippen molar-refractivity contribution >= 4 is 5.97 Å². The van der Waals surface area contributed by atoms with Crippen molar-refractivity contribution in [3.63, 3.8) is 0 Å². The van der Waals surface area contributed by atoms with Crippen molar-refractivity contribution in [1.29, 1.82) is 0 Å². The molecule has 0 saturated heterocycles. The van der Waals surface area contributed by atoms with E-state index in [1.807, 2.05) is 0 Å². The second kappa shape index (κ2) is 4.60. The van der Waals surface area contributed by atoms with Crippen LogP contribution in [0.3, 0.4) is 0 Å². The lowest BCUT2D eigenvalue weighted by molar-refractivity contribution is 0.0587. The number of carbonyl (C=O) groups excluding carboxylic acids is 1. The Balaban J connectivity index is 2.40. The number of pyridine rings is 1. The van der Waals surface area contributed by atoms with Gasteiger partial charge in [-0.1, -0.05) is 0 Å². The third-order valence-electron chi connectivity index (χ3n) is 2.05. The lowest BCUT2D eigenvalue weighted by Gasteiger charge is -2.05. The summed E-state index contributed by atoms with van der Waals surface area (Å²) in [6.45, 7) is 0. The summed E-state index contributed by atoms with van der Waals surface area (Å²) in [5.41, 5.74) is 0. The first-order valence-corrected chi connectivity index (χ1v) is 4.75. The molecule has 0 bridgehead atoms. The summed E-state index contributed by atoms with van der Waals surface area (Å²) in [6.07, 6.45) is 2.97. The van der Waals surface area contributed by atoms with Crippen LogP contribution in [-0.2, 0) is 4.74 Å². The molecule has 2 aromatic heterocycles. The molecular weight excluding hydrogens is 224 g/mol. The molecule has 7 heteroatoms. The van der Waals surface area contributed by atoms with Gasteiger partial charge in [-0.15, -0.1) is 5.10 Å². The highest BCUT2D eigenvalue weighted by Crippen LogP contribution is 2.17. The number of aromatic nitrogens is 4. The summed E-state index contributed by atoms with van der Waals surface area (Å²) in [4.78, 5) is 19.1. The normalized spacial score (nSPS) is 10.0. The van der Waals surface area contributed by atoms with Crippen LogP contribution in [0.15, 0.2) is 24.7 Å². The molecule has 2 rings (SSSR count). The van der Waals surface area contributed by atoms with E-state index in [9.17, 15) is 4.79 Å². The Morgan fingerprint density at radius 3 is 2.88 bits per heavy atom. The third kappa shape index (κ3) is 2.07. The number of rotatable bonds is 3. The zero-order valence-corrected chi connectivity index (χ0v) is 9.32. The molecule has 0 unspecified atom stereocenters. The molecule has 0 aliphatic carbocycles. The second-order valence-corrected chi connectivity index (χ2v) is 3.03. The second-order valence-electron chi connectivity index (χ2n) is 3.03. The molecule has 2 aromatic rings. The zero-order chi connectivity index (χ0) is 12.3. The van der Waals surface area contributed by atoms with E-state index in [2.05, 4.69) is 19.8 Å². The summed E-state index contributed by atoms with van der Waals surface area (Å²) in [7, 11) is 2.79. The lowest BCUT2D eigenvalue weighted by atomic mass is 10.4. The van der Waals surface area contributed by atoms with E-state index >= 15 is 0 Å². The summed E-state index contributed by atoms with van der Waals surface area (Å²) in [5, 5.41) is 3.95. The molecular formula is C10H10N4O3. The molecule has 17 heavy (non-hydrogen) atoms. The number of hydrogen-bond donors (Lipinski definition) is 0. The Hall–Kier alpha value is -2.44. The number of ether oxygens (including phenoxy) is 2. The molecule has 0 atom stereocenters. The van der Waals surface area contributed by atoms with Crippen molar-refractivity contribution in [2.45, 2.75) is 0 Å². The predicted octanol–water partition coefficient (Wildman–Crippen LogP) is 0.458. The van der Waals surface area contributed by atoms with Crippen LogP contribution >= 0.6 is 0 Å². The molecule has 0 aliphatic heterocycles. The Kier molecular flexibility index (Phi) is 2.99. The number of carbonyl (C=O) groups is 1. The van der Waals surface area contributed by atoms with Crippen LogP contribution in [0, 0.1) is 0 Å². The van der Waals surface area contributed by atoms with Crippen LogP contribution in [-0.4, -0.2) is 39.9 Å². The van der Waals surface area contributed by atoms with Crippen molar-refractivity contribution in [3.05, 3.63) is 30.5 Å². The predicted molar refractivity (Wildman–Crippen MR) is 57.0 cm³/mol. The monoisotopic (exact) mass is 234 g/mol. The van der Waals surface area contributed by atoms with Gasteiger partial charge in [0.15, 0.2) is 11.6 Å². The van der Waals surface area contributed by atoms with Gasteiger partial charge in [0.2, 0.25) is 0 Å². The van der Waals surface area contributed by atoms with Gasteiger partial charge in [-0.25, -0.2) is 14.8 Å². The van der Waals surface area contributed by atoms with Crippen LogP contribution in [0.4, 0.5) is 0 Å². The van der Waals surface area contributed by atoms with Crippen LogP contribution < -0.4 is 4.74 Å². The molecule has 7 nitrogen and oxygen atoms in total. The van der Waals surface area contributed by atoms with Crippen LogP contribution in [0.1, 0.15) is 10.6 Å².